The molecular weight excluding hydrogens is 327 g/mol. The van der Waals surface area contributed by atoms with E-state index in [0.717, 1.165) is 11.0 Å². The SMILES string of the molecule is Nc1cccc2c1C(=O)N(c1ccc(Br)c(F)c1)C2=O. The number of benzene rings is 2. The van der Waals surface area contributed by atoms with Gasteiger partial charge in [0.25, 0.3) is 11.8 Å². The van der Waals surface area contributed by atoms with Crippen molar-refractivity contribution >= 4 is 39.1 Å². The Balaban J connectivity index is 2.14. The largest absolute Gasteiger partial charge is 0.398 e. The Kier molecular flexibility index (Phi) is 2.83. The number of halogens is 2. The lowest BCUT2D eigenvalue weighted by Gasteiger charge is -2.14. The van der Waals surface area contributed by atoms with E-state index in [2.05, 4.69) is 15.9 Å². The first-order valence-electron chi connectivity index (χ1n) is 5.73. The highest BCUT2D eigenvalue weighted by Crippen LogP contribution is 2.32. The summed E-state index contributed by atoms with van der Waals surface area (Å²) in [6.45, 7) is 0. The average Bonchev–Trinajstić information content (AvgIpc) is 2.67. The van der Waals surface area contributed by atoms with Crippen LogP contribution in [0.3, 0.4) is 0 Å². The maximum atomic E-state index is 13.6. The first-order chi connectivity index (χ1) is 9.50. The van der Waals surface area contributed by atoms with Crippen LogP contribution in [-0.2, 0) is 0 Å². The topological polar surface area (TPSA) is 63.4 Å². The molecular formula is C14H8BrFN2O2. The molecule has 0 aromatic heterocycles. The van der Waals surface area contributed by atoms with Gasteiger partial charge in [-0.05, 0) is 46.3 Å². The third-order valence-corrected chi connectivity index (χ3v) is 3.75. The van der Waals surface area contributed by atoms with E-state index < -0.39 is 17.6 Å². The second-order valence-corrected chi connectivity index (χ2v) is 5.17. The van der Waals surface area contributed by atoms with E-state index in [1.807, 2.05) is 0 Å². The molecule has 0 spiro atoms. The molecule has 0 radical (unpaired) electrons. The van der Waals surface area contributed by atoms with Crippen molar-refractivity contribution in [2.75, 3.05) is 10.6 Å². The molecule has 6 heteroatoms. The number of anilines is 2. The number of imide groups is 1. The zero-order valence-corrected chi connectivity index (χ0v) is 11.6. The fraction of sp³-hybridized carbons (Fsp3) is 0. The first kappa shape index (κ1) is 12.8. The van der Waals surface area contributed by atoms with Crippen LogP contribution in [0.5, 0.6) is 0 Å². The molecule has 2 aromatic rings. The minimum absolute atomic E-state index is 0.167. The maximum Gasteiger partial charge on any atom is 0.268 e. The van der Waals surface area contributed by atoms with Crippen molar-refractivity contribution in [2.45, 2.75) is 0 Å². The monoisotopic (exact) mass is 334 g/mol. The van der Waals surface area contributed by atoms with Gasteiger partial charge in [0.1, 0.15) is 5.82 Å². The number of rotatable bonds is 1. The van der Waals surface area contributed by atoms with Crippen LogP contribution in [0.1, 0.15) is 20.7 Å². The molecule has 0 bridgehead atoms. The second kappa shape index (κ2) is 4.42. The summed E-state index contributed by atoms with van der Waals surface area (Å²) < 4.78 is 13.8. The van der Waals surface area contributed by atoms with Crippen LogP contribution in [0.15, 0.2) is 40.9 Å². The molecule has 3 rings (SSSR count). The van der Waals surface area contributed by atoms with Crippen LogP contribution in [-0.4, -0.2) is 11.8 Å². The molecule has 0 aliphatic carbocycles. The number of nitrogen functional groups attached to an aromatic ring is 1. The summed E-state index contributed by atoms with van der Waals surface area (Å²) in [5.41, 5.74) is 6.55. The summed E-state index contributed by atoms with van der Waals surface area (Å²) in [6.07, 6.45) is 0. The highest BCUT2D eigenvalue weighted by Gasteiger charge is 2.38. The molecule has 1 aliphatic rings. The smallest absolute Gasteiger partial charge is 0.268 e. The number of amides is 2. The van der Waals surface area contributed by atoms with Gasteiger partial charge in [-0.15, -0.1) is 0 Å². The zero-order valence-electron chi connectivity index (χ0n) is 10.1. The Labute approximate surface area is 122 Å². The van der Waals surface area contributed by atoms with Crippen LogP contribution in [0.25, 0.3) is 0 Å². The Bertz CT molecular complexity index is 761. The van der Waals surface area contributed by atoms with Crippen molar-refractivity contribution in [1.82, 2.24) is 0 Å². The summed E-state index contributed by atoms with van der Waals surface area (Å²) in [5, 5.41) is 0. The van der Waals surface area contributed by atoms with Crippen molar-refractivity contribution in [1.29, 1.82) is 0 Å². The Morgan fingerprint density at radius 2 is 1.85 bits per heavy atom. The molecule has 0 saturated carbocycles. The third-order valence-electron chi connectivity index (χ3n) is 3.11. The summed E-state index contributed by atoms with van der Waals surface area (Å²) in [6, 6.07) is 8.74. The molecule has 0 atom stereocenters. The van der Waals surface area contributed by atoms with E-state index in [-0.39, 0.29) is 27.0 Å². The molecule has 0 unspecified atom stereocenters. The number of nitrogens with zero attached hydrogens (tertiary/aromatic N) is 1. The first-order valence-corrected chi connectivity index (χ1v) is 6.52. The van der Waals surface area contributed by atoms with E-state index in [4.69, 9.17) is 5.73 Å². The van der Waals surface area contributed by atoms with Crippen LogP contribution < -0.4 is 10.6 Å². The minimum Gasteiger partial charge on any atom is -0.398 e. The van der Waals surface area contributed by atoms with Crippen LogP contribution >= 0.6 is 15.9 Å². The number of fused-ring (bicyclic) bond motifs is 1. The van der Waals surface area contributed by atoms with E-state index in [1.54, 1.807) is 12.1 Å². The lowest BCUT2D eigenvalue weighted by Crippen LogP contribution is -2.29. The van der Waals surface area contributed by atoms with E-state index in [0.29, 0.717) is 0 Å². The van der Waals surface area contributed by atoms with Gasteiger partial charge in [-0.25, -0.2) is 9.29 Å². The summed E-state index contributed by atoms with van der Waals surface area (Å²) >= 11 is 3.02. The molecule has 2 amide bonds. The lowest BCUT2D eigenvalue weighted by molar-refractivity contribution is 0.0926. The fourth-order valence-corrected chi connectivity index (χ4v) is 2.42. The molecule has 2 aromatic carbocycles. The van der Waals surface area contributed by atoms with Crippen molar-refractivity contribution in [3.05, 3.63) is 57.8 Å². The van der Waals surface area contributed by atoms with E-state index in [9.17, 15) is 14.0 Å². The predicted molar refractivity (Wildman–Crippen MR) is 76.1 cm³/mol. The molecule has 0 saturated heterocycles. The predicted octanol–water partition coefficient (Wildman–Crippen LogP) is 2.97. The Hall–Kier alpha value is -2.21. The lowest BCUT2D eigenvalue weighted by atomic mass is 10.1. The Morgan fingerprint density at radius 1 is 1.10 bits per heavy atom. The molecule has 1 aliphatic heterocycles. The summed E-state index contributed by atoms with van der Waals surface area (Å²) in [7, 11) is 0. The number of carbonyl (C=O) groups excluding carboxylic acids is 2. The van der Waals surface area contributed by atoms with Crippen molar-refractivity contribution in [2.24, 2.45) is 0 Å². The van der Waals surface area contributed by atoms with Gasteiger partial charge >= 0.3 is 0 Å². The van der Waals surface area contributed by atoms with Crippen LogP contribution in [0.4, 0.5) is 15.8 Å². The molecule has 2 N–H and O–H groups in total. The second-order valence-electron chi connectivity index (χ2n) is 4.31. The van der Waals surface area contributed by atoms with Gasteiger partial charge in [0, 0.05) is 5.69 Å². The minimum atomic E-state index is -0.549. The highest BCUT2D eigenvalue weighted by molar-refractivity contribution is 9.10. The van der Waals surface area contributed by atoms with E-state index in [1.165, 1.54) is 18.2 Å². The van der Waals surface area contributed by atoms with Crippen LogP contribution in [0.2, 0.25) is 0 Å². The number of nitrogens with two attached hydrogens (primary N) is 1. The van der Waals surface area contributed by atoms with Gasteiger partial charge in [-0.2, -0.15) is 0 Å². The van der Waals surface area contributed by atoms with Gasteiger partial charge in [0.15, 0.2) is 0 Å². The normalized spacial score (nSPS) is 13.8. The van der Waals surface area contributed by atoms with Gasteiger partial charge in [-0.3, -0.25) is 9.59 Å². The highest BCUT2D eigenvalue weighted by atomic mass is 79.9. The van der Waals surface area contributed by atoms with Crippen molar-refractivity contribution < 1.29 is 14.0 Å². The van der Waals surface area contributed by atoms with Gasteiger partial charge in [-0.1, -0.05) is 6.07 Å². The number of hydrogen-bond donors (Lipinski definition) is 1. The third kappa shape index (κ3) is 1.72. The van der Waals surface area contributed by atoms with Crippen molar-refractivity contribution in [3.8, 4) is 0 Å². The molecule has 20 heavy (non-hydrogen) atoms. The van der Waals surface area contributed by atoms with Crippen LogP contribution in [0, 0.1) is 5.82 Å². The molecule has 1 heterocycles. The van der Waals surface area contributed by atoms with Gasteiger partial charge < -0.3 is 5.73 Å². The molecule has 4 nitrogen and oxygen atoms in total. The Morgan fingerprint density at radius 3 is 2.50 bits per heavy atom. The quantitative estimate of drug-likeness (QED) is 0.644. The molecule has 100 valence electrons. The van der Waals surface area contributed by atoms with E-state index >= 15 is 0 Å². The standard InChI is InChI=1S/C14H8BrFN2O2/c15-9-5-4-7(6-10(9)16)18-13(19)8-2-1-3-11(17)12(8)14(18)20/h1-6H,17H2. The zero-order chi connectivity index (χ0) is 14.4. The average molecular weight is 335 g/mol. The molecule has 0 fully saturated rings. The van der Waals surface area contributed by atoms with Gasteiger partial charge in [0.05, 0.1) is 21.3 Å². The number of hydrogen-bond acceptors (Lipinski definition) is 3. The van der Waals surface area contributed by atoms with Gasteiger partial charge in [0.2, 0.25) is 0 Å². The summed E-state index contributed by atoms with van der Waals surface area (Å²) in [5.74, 6) is -1.59. The fourth-order valence-electron chi connectivity index (χ4n) is 2.17. The van der Waals surface area contributed by atoms with Crippen molar-refractivity contribution in [3.63, 3.8) is 0 Å². The number of carbonyl (C=O) groups is 2. The summed E-state index contributed by atoms with van der Waals surface area (Å²) in [4.78, 5) is 25.5. The maximum absolute atomic E-state index is 13.6.